The van der Waals surface area contributed by atoms with Crippen molar-refractivity contribution in [2.24, 2.45) is 0 Å². The van der Waals surface area contributed by atoms with Crippen LogP contribution in [-0.4, -0.2) is 64.7 Å². The molecule has 10 heteroatoms. The summed E-state index contributed by atoms with van der Waals surface area (Å²) in [5.41, 5.74) is 9.70. The standard InChI is InChI=1S/C25H36N3.C10H11NO3.2ClH.Ru/c1-17-10-19(3)24(20(4)11-17)26-14-23(15-28(7,8)9)27(16-26)25-21(5)12-18(2)13-22(25)6;1-7(2)14-10-5-4-9(11(12)13)6-8(10)3;;;/h10-13,23H,14-15H2,1-9H3;3-7H,1-2H3;2*1H;/q+1;;;;+2/p-2. The van der Waals surface area contributed by atoms with Gasteiger partial charge < -0.3 is 0 Å². The van der Waals surface area contributed by atoms with Gasteiger partial charge in [0.25, 0.3) is 0 Å². The van der Waals surface area contributed by atoms with Gasteiger partial charge in [0, 0.05) is 0 Å². The van der Waals surface area contributed by atoms with Crippen molar-refractivity contribution in [1.29, 1.82) is 0 Å². The first kappa shape index (κ1) is 35.2. The number of anilines is 2. The van der Waals surface area contributed by atoms with Gasteiger partial charge in [0.15, 0.2) is 0 Å². The van der Waals surface area contributed by atoms with E-state index in [-0.39, 0.29) is 17.8 Å². The number of benzene rings is 3. The van der Waals surface area contributed by atoms with Crippen LogP contribution in [0.1, 0.15) is 52.8 Å². The summed E-state index contributed by atoms with van der Waals surface area (Å²) in [5, 5.41) is 11.8. The number of ether oxygens (including phenoxy) is 1. The topological polar surface area (TPSA) is 58.9 Å². The van der Waals surface area contributed by atoms with Crippen LogP contribution in [0.3, 0.4) is 0 Å². The first-order chi connectivity index (χ1) is 20.8. The summed E-state index contributed by atoms with van der Waals surface area (Å²) in [6, 6.07) is 13.5. The van der Waals surface area contributed by atoms with E-state index in [9.17, 15) is 10.1 Å². The van der Waals surface area contributed by atoms with Crippen LogP contribution in [0, 0.1) is 51.7 Å². The molecule has 0 N–H and O–H groups in total. The van der Waals surface area contributed by atoms with Crippen LogP contribution in [0.15, 0.2) is 42.5 Å². The Morgan fingerprint density at radius 2 is 1.44 bits per heavy atom. The monoisotopic (exact) mass is 743 g/mol. The van der Waals surface area contributed by atoms with Crippen LogP contribution in [0.5, 0.6) is 5.75 Å². The van der Waals surface area contributed by atoms with Gasteiger partial charge in [0.1, 0.15) is 0 Å². The molecule has 0 bridgehead atoms. The van der Waals surface area contributed by atoms with Gasteiger partial charge in [-0.25, -0.2) is 0 Å². The van der Waals surface area contributed by atoms with E-state index < -0.39 is 16.8 Å². The first-order valence-corrected chi connectivity index (χ1v) is 21.5. The number of nitrogens with zero attached hydrogens (tertiary/aromatic N) is 4. The molecule has 246 valence electrons. The fourth-order valence-corrected chi connectivity index (χ4v) is 12.5. The Morgan fingerprint density at radius 3 is 1.91 bits per heavy atom. The second-order valence-corrected chi connectivity index (χ2v) is 22.8. The third-order valence-corrected chi connectivity index (χ3v) is 13.1. The maximum atomic E-state index is 11.8. The van der Waals surface area contributed by atoms with Crippen molar-refractivity contribution in [2.45, 2.75) is 67.5 Å². The van der Waals surface area contributed by atoms with Crippen molar-refractivity contribution in [3.05, 3.63) is 91.5 Å². The number of likely N-dealkylation sites (N-methyl/N-ethyl adjacent to an activating group) is 1. The summed E-state index contributed by atoms with van der Waals surface area (Å²) < 4.78 is 9.60. The van der Waals surface area contributed by atoms with E-state index in [1.807, 2.05) is 18.5 Å². The molecular weight excluding hydrogens is 696 g/mol. The third kappa shape index (κ3) is 7.85. The average Bonchev–Trinajstić information content (AvgIpc) is 3.20. The van der Waals surface area contributed by atoms with Crippen LogP contribution in [0.25, 0.3) is 0 Å². The van der Waals surface area contributed by atoms with Gasteiger partial charge in [0.2, 0.25) is 0 Å². The molecule has 4 rings (SSSR count). The molecule has 0 amide bonds. The molecule has 3 aromatic rings. The van der Waals surface area contributed by atoms with Crippen LogP contribution in [0.2, 0.25) is 0 Å². The maximum absolute atomic E-state index is 11.8. The number of hydrogen-bond donors (Lipinski definition) is 0. The Kier molecular flexibility index (Phi) is 10.4. The molecule has 1 atom stereocenters. The van der Waals surface area contributed by atoms with Crippen LogP contribution in [0.4, 0.5) is 17.1 Å². The summed E-state index contributed by atoms with van der Waals surface area (Å²) in [5.74, 6) is 0.521. The van der Waals surface area contributed by atoms with Crippen LogP contribution >= 0.6 is 19.4 Å². The molecule has 1 aliphatic heterocycles. The van der Waals surface area contributed by atoms with E-state index in [1.165, 1.54) is 23.3 Å². The zero-order chi connectivity index (χ0) is 33.6. The summed E-state index contributed by atoms with van der Waals surface area (Å²) in [6.45, 7) is 18.2. The van der Waals surface area contributed by atoms with E-state index >= 15 is 0 Å². The molecule has 3 aromatic carbocycles. The molecule has 1 unspecified atom stereocenters. The second-order valence-electron chi connectivity index (χ2n) is 13.5. The van der Waals surface area contributed by atoms with Crippen molar-refractivity contribution >= 4 is 45.4 Å². The van der Waals surface area contributed by atoms with Crippen LogP contribution in [-0.2, 0) is 11.9 Å². The van der Waals surface area contributed by atoms with Gasteiger partial charge in [0.05, 0.1) is 0 Å². The molecule has 1 aliphatic rings. The van der Waals surface area contributed by atoms with Gasteiger partial charge in [-0.1, -0.05) is 0 Å². The van der Waals surface area contributed by atoms with Crippen molar-refractivity contribution < 1.29 is 26.0 Å². The number of halogens is 2. The van der Waals surface area contributed by atoms with Gasteiger partial charge in [-0.05, 0) is 0 Å². The van der Waals surface area contributed by atoms with E-state index in [0.29, 0.717) is 17.9 Å². The summed E-state index contributed by atoms with van der Waals surface area (Å²) in [4.78, 5) is 16.2. The molecule has 0 saturated carbocycles. The van der Waals surface area contributed by atoms with E-state index in [2.05, 4.69) is 96.8 Å². The number of nitro benzene ring substituents is 1. The zero-order valence-corrected chi connectivity index (χ0v) is 31.6. The summed E-state index contributed by atoms with van der Waals surface area (Å²) in [6.07, 6.45) is -0.138. The Bertz CT molecular complexity index is 1720. The Balaban J connectivity index is 2.19. The molecule has 0 aliphatic carbocycles. The van der Waals surface area contributed by atoms with E-state index in [1.54, 1.807) is 6.07 Å². The molecule has 1 saturated heterocycles. The van der Waals surface area contributed by atoms with Crippen LogP contribution < -0.4 is 14.5 Å². The molecule has 7 nitrogen and oxygen atoms in total. The first-order valence-electron chi connectivity index (χ1n) is 15.1. The fraction of sp³-hybridized carbons (Fsp3) is 0.429. The number of nitro groups is 1. The molecule has 45 heavy (non-hydrogen) atoms. The SMILES string of the molecule is Cc1cc(C)c(N2CC(C[N+](C)(C)C)N(c3c(C)cc(C)cc3C)[C]2=[Ru]([Cl])([Cl])=[CH]c2cc([N+](=O)[O-])ccc2OC(C)C)c(C)c1. The van der Waals surface area contributed by atoms with Crippen molar-refractivity contribution in [3.63, 3.8) is 0 Å². The van der Waals surface area contributed by atoms with Gasteiger partial charge in [-0.3, -0.25) is 0 Å². The van der Waals surface area contributed by atoms with Gasteiger partial charge >= 0.3 is 280 Å². The molecular formula is C35H47Cl2N4O3Ru+. The molecule has 1 heterocycles. The quantitative estimate of drug-likeness (QED) is 0.101. The predicted molar refractivity (Wildman–Crippen MR) is 189 cm³/mol. The third-order valence-electron chi connectivity index (χ3n) is 7.72. The number of rotatable bonds is 8. The normalized spacial score (nSPS) is 16.0. The summed E-state index contributed by atoms with van der Waals surface area (Å²) in [7, 11) is 22.1. The number of aryl methyl sites for hydroxylation is 6. The minimum absolute atomic E-state index is 0.0376. The molecule has 0 aromatic heterocycles. The number of hydrogen-bond acceptors (Lipinski definition) is 5. The summed E-state index contributed by atoms with van der Waals surface area (Å²) >= 11 is -4.05. The van der Waals surface area contributed by atoms with Crippen molar-refractivity contribution in [2.75, 3.05) is 44.0 Å². The fourth-order valence-electron chi connectivity index (χ4n) is 6.53. The number of quaternary nitrogens is 1. The molecule has 1 fully saturated rings. The Hall–Kier alpha value is -2.64. The van der Waals surface area contributed by atoms with E-state index in [4.69, 9.17) is 24.1 Å². The van der Waals surface area contributed by atoms with Gasteiger partial charge in [-0.15, -0.1) is 0 Å². The minimum atomic E-state index is -4.05. The van der Waals surface area contributed by atoms with Crippen molar-refractivity contribution in [3.8, 4) is 5.75 Å². The van der Waals surface area contributed by atoms with Crippen molar-refractivity contribution in [1.82, 2.24) is 0 Å². The second kappa shape index (κ2) is 13.2. The number of non-ortho nitro benzene ring substituents is 1. The Labute approximate surface area is 279 Å². The average molecular weight is 744 g/mol. The predicted octanol–water partition coefficient (Wildman–Crippen LogP) is 8.03. The van der Waals surface area contributed by atoms with Gasteiger partial charge in [-0.2, -0.15) is 0 Å². The Morgan fingerprint density at radius 1 is 0.933 bits per heavy atom. The molecule has 0 spiro atoms. The zero-order valence-electron chi connectivity index (χ0n) is 28.3. The van der Waals surface area contributed by atoms with E-state index in [0.717, 1.165) is 49.0 Å². The molecule has 0 radical (unpaired) electrons.